The van der Waals surface area contributed by atoms with E-state index >= 15 is 0 Å². The molecule has 2 aromatic heterocycles. The predicted molar refractivity (Wildman–Crippen MR) is 105 cm³/mol. The standard InChI is InChI=1S/C20H13Cl2N3O2/c1-11-3-2-4-12(7-11)27-13-5-6-14(16(21)8-13)18(26)15-9-23-20-17(15)19(22)24-10-25-20/h2-10H,1H3,(H,23,24,25). The van der Waals surface area contributed by atoms with Crippen LogP contribution < -0.4 is 4.74 Å². The van der Waals surface area contributed by atoms with Gasteiger partial charge in [-0.2, -0.15) is 0 Å². The first-order chi connectivity index (χ1) is 13.0. The van der Waals surface area contributed by atoms with Crippen LogP contribution in [0.4, 0.5) is 0 Å². The fraction of sp³-hybridized carbons (Fsp3) is 0.0500. The van der Waals surface area contributed by atoms with Gasteiger partial charge in [-0.15, -0.1) is 0 Å². The van der Waals surface area contributed by atoms with Crippen LogP contribution in [0, 0.1) is 6.92 Å². The van der Waals surface area contributed by atoms with Gasteiger partial charge in [0, 0.05) is 17.8 Å². The molecule has 4 aromatic rings. The highest BCUT2D eigenvalue weighted by Gasteiger charge is 2.20. The minimum Gasteiger partial charge on any atom is -0.457 e. The van der Waals surface area contributed by atoms with Crippen molar-refractivity contribution >= 4 is 40.0 Å². The summed E-state index contributed by atoms with van der Waals surface area (Å²) in [6.07, 6.45) is 2.89. The topological polar surface area (TPSA) is 67.9 Å². The largest absolute Gasteiger partial charge is 0.457 e. The summed E-state index contributed by atoms with van der Waals surface area (Å²) in [6, 6.07) is 12.6. The van der Waals surface area contributed by atoms with Crippen LogP contribution in [0.15, 0.2) is 55.0 Å². The summed E-state index contributed by atoms with van der Waals surface area (Å²) in [7, 11) is 0. The third kappa shape index (κ3) is 3.39. The highest BCUT2D eigenvalue weighted by Crippen LogP contribution is 2.31. The highest BCUT2D eigenvalue weighted by molar-refractivity contribution is 6.38. The molecule has 134 valence electrons. The molecular formula is C20H13Cl2N3O2. The Balaban J connectivity index is 1.67. The van der Waals surface area contributed by atoms with Crippen LogP contribution in [0.3, 0.4) is 0 Å². The number of carbonyl (C=O) groups excluding carboxylic acids is 1. The van der Waals surface area contributed by atoms with Crippen molar-refractivity contribution < 1.29 is 9.53 Å². The molecule has 0 aliphatic heterocycles. The number of aryl methyl sites for hydroxylation is 1. The molecule has 0 amide bonds. The van der Waals surface area contributed by atoms with Gasteiger partial charge in [0.15, 0.2) is 5.78 Å². The quantitative estimate of drug-likeness (QED) is 0.359. The summed E-state index contributed by atoms with van der Waals surface area (Å²) in [5.41, 5.74) is 2.29. The molecule has 0 unspecified atom stereocenters. The van der Waals surface area contributed by atoms with E-state index in [9.17, 15) is 4.79 Å². The monoisotopic (exact) mass is 397 g/mol. The summed E-state index contributed by atoms with van der Waals surface area (Å²) in [5.74, 6) is 0.971. The van der Waals surface area contributed by atoms with E-state index in [-0.39, 0.29) is 16.0 Å². The number of hydrogen-bond donors (Lipinski definition) is 1. The molecule has 0 spiro atoms. The molecular weight excluding hydrogens is 385 g/mol. The molecule has 0 saturated carbocycles. The molecule has 0 atom stereocenters. The predicted octanol–water partition coefficient (Wildman–Crippen LogP) is 5.60. The van der Waals surface area contributed by atoms with Gasteiger partial charge in [-0.1, -0.05) is 35.3 Å². The number of halogens is 2. The first-order valence-corrected chi connectivity index (χ1v) is 8.85. The molecule has 4 rings (SSSR count). The van der Waals surface area contributed by atoms with Crippen LogP contribution in [0.25, 0.3) is 11.0 Å². The Bertz CT molecular complexity index is 1170. The number of aromatic nitrogens is 3. The van der Waals surface area contributed by atoms with Gasteiger partial charge in [0.25, 0.3) is 0 Å². The van der Waals surface area contributed by atoms with Crippen molar-refractivity contribution in [2.45, 2.75) is 6.92 Å². The minimum absolute atomic E-state index is 0.208. The van der Waals surface area contributed by atoms with Gasteiger partial charge in [0.05, 0.1) is 16.0 Å². The molecule has 0 bridgehead atoms. The van der Waals surface area contributed by atoms with E-state index in [1.165, 1.54) is 6.33 Å². The number of ether oxygens (including phenoxy) is 1. The SMILES string of the molecule is Cc1cccc(Oc2ccc(C(=O)c3c[nH]c4ncnc(Cl)c34)c(Cl)c2)c1. The van der Waals surface area contributed by atoms with Crippen LogP contribution >= 0.6 is 23.2 Å². The fourth-order valence-corrected chi connectivity index (χ4v) is 3.30. The summed E-state index contributed by atoms with van der Waals surface area (Å²) in [4.78, 5) is 23.9. The zero-order chi connectivity index (χ0) is 19.0. The van der Waals surface area contributed by atoms with Gasteiger partial charge in [0.2, 0.25) is 0 Å². The van der Waals surface area contributed by atoms with Crippen molar-refractivity contribution in [3.63, 3.8) is 0 Å². The molecule has 0 aliphatic rings. The van der Waals surface area contributed by atoms with E-state index in [2.05, 4.69) is 15.0 Å². The third-order valence-corrected chi connectivity index (χ3v) is 4.68. The number of rotatable bonds is 4. The van der Waals surface area contributed by atoms with Crippen molar-refractivity contribution in [3.05, 3.63) is 81.9 Å². The maximum Gasteiger partial charge on any atom is 0.196 e. The Kier molecular flexibility index (Phi) is 4.56. The molecule has 7 heteroatoms. The summed E-state index contributed by atoms with van der Waals surface area (Å²) in [5, 5.41) is 0.966. The van der Waals surface area contributed by atoms with Crippen molar-refractivity contribution in [2.75, 3.05) is 0 Å². The van der Waals surface area contributed by atoms with E-state index in [1.54, 1.807) is 24.4 Å². The molecule has 27 heavy (non-hydrogen) atoms. The third-order valence-electron chi connectivity index (χ3n) is 4.08. The van der Waals surface area contributed by atoms with Gasteiger partial charge in [-0.3, -0.25) is 4.79 Å². The van der Waals surface area contributed by atoms with E-state index < -0.39 is 0 Å². The summed E-state index contributed by atoms with van der Waals surface area (Å²) in [6.45, 7) is 1.98. The maximum absolute atomic E-state index is 12.9. The van der Waals surface area contributed by atoms with E-state index in [4.69, 9.17) is 27.9 Å². The fourth-order valence-electron chi connectivity index (χ4n) is 2.81. The minimum atomic E-state index is -0.273. The first-order valence-electron chi connectivity index (χ1n) is 8.09. The second-order valence-electron chi connectivity index (χ2n) is 5.98. The highest BCUT2D eigenvalue weighted by atomic mass is 35.5. The molecule has 0 fully saturated rings. The Morgan fingerprint density at radius 3 is 2.63 bits per heavy atom. The normalized spacial score (nSPS) is 10.9. The lowest BCUT2D eigenvalue weighted by Gasteiger charge is -2.09. The van der Waals surface area contributed by atoms with Gasteiger partial charge in [-0.25, -0.2) is 9.97 Å². The van der Waals surface area contributed by atoms with Crippen molar-refractivity contribution in [1.29, 1.82) is 0 Å². The van der Waals surface area contributed by atoms with Crippen LogP contribution in [0.5, 0.6) is 11.5 Å². The van der Waals surface area contributed by atoms with Crippen LogP contribution in [-0.2, 0) is 0 Å². The molecule has 5 nitrogen and oxygen atoms in total. The van der Waals surface area contributed by atoms with Gasteiger partial charge >= 0.3 is 0 Å². The maximum atomic E-state index is 12.9. The van der Waals surface area contributed by atoms with Gasteiger partial charge in [0.1, 0.15) is 28.6 Å². The second kappa shape index (κ2) is 7.02. The molecule has 2 heterocycles. The lowest BCUT2D eigenvalue weighted by Crippen LogP contribution is -2.02. The van der Waals surface area contributed by atoms with E-state index in [0.717, 1.165) is 5.56 Å². The van der Waals surface area contributed by atoms with Gasteiger partial charge < -0.3 is 9.72 Å². The molecule has 1 N–H and O–H groups in total. The van der Waals surface area contributed by atoms with Crippen molar-refractivity contribution in [3.8, 4) is 11.5 Å². The second-order valence-corrected chi connectivity index (χ2v) is 6.74. The number of hydrogen-bond acceptors (Lipinski definition) is 4. The molecule has 0 saturated heterocycles. The first kappa shape index (κ1) is 17.5. The summed E-state index contributed by atoms with van der Waals surface area (Å²) >= 11 is 12.5. The molecule has 2 aromatic carbocycles. The van der Waals surface area contributed by atoms with Gasteiger partial charge in [-0.05, 0) is 36.8 Å². The Hall–Kier alpha value is -2.89. The number of benzene rings is 2. The smallest absolute Gasteiger partial charge is 0.196 e. The Morgan fingerprint density at radius 1 is 1.04 bits per heavy atom. The molecule has 0 radical (unpaired) electrons. The lowest BCUT2D eigenvalue weighted by atomic mass is 10.0. The Morgan fingerprint density at radius 2 is 1.85 bits per heavy atom. The number of nitrogens with one attached hydrogen (secondary N) is 1. The Labute approximate surface area is 164 Å². The number of carbonyl (C=O) groups is 1. The van der Waals surface area contributed by atoms with Crippen LogP contribution in [-0.4, -0.2) is 20.7 Å². The van der Waals surface area contributed by atoms with E-state index in [1.807, 2.05) is 31.2 Å². The molecule has 0 aliphatic carbocycles. The van der Waals surface area contributed by atoms with Crippen LogP contribution in [0.2, 0.25) is 10.2 Å². The number of nitrogens with zero attached hydrogens (tertiary/aromatic N) is 2. The van der Waals surface area contributed by atoms with E-state index in [0.29, 0.717) is 33.7 Å². The number of fused-ring (bicyclic) bond motifs is 1. The van der Waals surface area contributed by atoms with Crippen LogP contribution in [0.1, 0.15) is 21.5 Å². The number of H-pyrrole nitrogens is 1. The zero-order valence-corrected chi connectivity index (χ0v) is 15.7. The number of ketones is 1. The number of aromatic amines is 1. The zero-order valence-electron chi connectivity index (χ0n) is 14.2. The average molecular weight is 398 g/mol. The lowest BCUT2D eigenvalue weighted by molar-refractivity contribution is 0.104. The van der Waals surface area contributed by atoms with Crippen molar-refractivity contribution in [2.24, 2.45) is 0 Å². The van der Waals surface area contributed by atoms with Crippen molar-refractivity contribution in [1.82, 2.24) is 15.0 Å². The summed E-state index contributed by atoms with van der Waals surface area (Å²) < 4.78 is 5.81. The average Bonchev–Trinajstić information content (AvgIpc) is 3.07.